The summed E-state index contributed by atoms with van der Waals surface area (Å²) < 4.78 is 0. The predicted octanol–water partition coefficient (Wildman–Crippen LogP) is 9.49. The van der Waals surface area contributed by atoms with Crippen molar-refractivity contribution in [1.29, 1.82) is 0 Å². The highest BCUT2D eigenvalue weighted by Crippen LogP contribution is 2.51. The maximum atomic E-state index is 4.60. The van der Waals surface area contributed by atoms with Gasteiger partial charge in [0.05, 0.1) is 0 Å². The molecule has 0 saturated carbocycles. The topological polar surface area (TPSA) is 38.7 Å². The van der Waals surface area contributed by atoms with Gasteiger partial charge in [-0.15, -0.1) is 0 Å². The SMILES string of the molecule is CC1(C)c2ccccc2-c2cc(-c3c4ccccc4c(-c4ncncn4)c4ccc(-c5ccccc5)cc34)ccc21. The summed E-state index contributed by atoms with van der Waals surface area (Å²) in [6, 6.07) is 41.9. The van der Waals surface area contributed by atoms with E-state index in [4.69, 9.17) is 0 Å². The van der Waals surface area contributed by atoms with Crippen molar-refractivity contribution in [3.8, 4) is 44.8 Å². The monoisotopic (exact) mass is 525 g/mol. The maximum absolute atomic E-state index is 4.60. The van der Waals surface area contributed by atoms with E-state index in [1.165, 1.54) is 55.3 Å². The fraction of sp³-hybridized carbons (Fsp3) is 0.0789. The molecule has 0 bridgehead atoms. The molecule has 0 amide bonds. The molecule has 1 aliphatic carbocycles. The van der Waals surface area contributed by atoms with Crippen molar-refractivity contribution in [2.24, 2.45) is 0 Å². The number of rotatable bonds is 3. The Morgan fingerprint density at radius 2 is 1.10 bits per heavy atom. The van der Waals surface area contributed by atoms with E-state index in [0.29, 0.717) is 5.82 Å². The molecule has 41 heavy (non-hydrogen) atoms. The number of fused-ring (bicyclic) bond motifs is 5. The van der Waals surface area contributed by atoms with Crippen LogP contribution in [0.1, 0.15) is 25.0 Å². The fourth-order valence-corrected chi connectivity index (χ4v) is 6.78. The average Bonchev–Trinajstić information content (AvgIpc) is 3.26. The van der Waals surface area contributed by atoms with Gasteiger partial charge in [0.2, 0.25) is 0 Å². The molecule has 0 N–H and O–H groups in total. The second kappa shape index (κ2) is 8.94. The van der Waals surface area contributed by atoms with Gasteiger partial charge >= 0.3 is 0 Å². The zero-order valence-corrected chi connectivity index (χ0v) is 23.0. The Morgan fingerprint density at radius 3 is 1.90 bits per heavy atom. The van der Waals surface area contributed by atoms with Crippen molar-refractivity contribution >= 4 is 21.5 Å². The van der Waals surface area contributed by atoms with Crippen molar-refractivity contribution < 1.29 is 0 Å². The van der Waals surface area contributed by atoms with E-state index in [1.54, 1.807) is 12.7 Å². The van der Waals surface area contributed by atoms with Crippen LogP contribution in [0.25, 0.3) is 66.3 Å². The number of hydrogen-bond donors (Lipinski definition) is 0. The van der Waals surface area contributed by atoms with Crippen LogP contribution in [0.2, 0.25) is 0 Å². The molecular weight excluding hydrogens is 498 g/mol. The van der Waals surface area contributed by atoms with Crippen molar-refractivity contribution in [2.75, 3.05) is 0 Å². The van der Waals surface area contributed by atoms with E-state index >= 15 is 0 Å². The lowest BCUT2D eigenvalue weighted by molar-refractivity contribution is 0.660. The Hall–Kier alpha value is -5.15. The molecule has 3 heteroatoms. The van der Waals surface area contributed by atoms with Gasteiger partial charge in [0.25, 0.3) is 0 Å². The Labute approximate surface area is 239 Å². The van der Waals surface area contributed by atoms with Crippen molar-refractivity contribution in [3.05, 3.63) is 139 Å². The molecule has 0 radical (unpaired) electrons. The van der Waals surface area contributed by atoms with E-state index in [2.05, 4.69) is 144 Å². The Kier molecular flexibility index (Phi) is 5.17. The molecule has 8 rings (SSSR count). The zero-order chi connectivity index (χ0) is 27.6. The highest BCUT2D eigenvalue weighted by atomic mass is 15.0. The van der Waals surface area contributed by atoms with Crippen molar-refractivity contribution in [3.63, 3.8) is 0 Å². The zero-order valence-electron chi connectivity index (χ0n) is 23.0. The molecule has 0 saturated heterocycles. The van der Waals surface area contributed by atoms with Crippen LogP contribution < -0.4 is 0 Å². The first-order valence-corrected chi connectivity index (χ1v) is 14.0. The smallest absolute Gasteiger partial charge is 0.163 e. The lowest BCUT2D eigenvalue weighted by Crippen LogP contribution is -2.14. The first-order valence-electron chi connectivity index (χ1n) is 14.0. The summed E-state index contributed by atoms with van der Waals surface area (Å²) in [5, 5.41) is 4.64. The van der Waals surface area contributed by atoms with Gasteiger partial charge in [0.1, 0.15) is 12.7 Å². The summed E-state index contributed by atoms with van der Waals surface area (Å²) in [5.41, 5.74) is 11.2. The molecule has 0 fully saturated rings. The lowest BCUT2D eigenvalue weighted by Gasteiger charge is -2.22. The van der Waals surface area contributed by atoms with Crippen LogP contribution in [0, 0.1) is 0 Å². The maximum Gasteiger partial charge on any atom is 0.163 e. The first kappa shape index (κ1) is 23.7. The van der Waals surface area contributed by atoms with Crippen LogP contribution in [0.5, 0.6) is 0 Å². The molecule has 6 aromatic carbocycles. The fourth-order valence-electron chi connectivity index (χ4n) is 6.78. The van der Waals surface area contributed by atoms with Gasteiger partial charge in [0, 0.05) is 11.0 Å². The quantitative estimate of drug-likeness (QED) is 0.216. The van der Waals surface area contributed by atoms with E-state index in [1.807, 2.05) is 0 Å². The summed E-state index contributed by atoms with van der Waals surface area (Å²) in [6.07, 6.45) is 3.16. The number of hydrogen-bond acceptors (Lipinski definition) is 3. The van der Waals surface area contributed by atoms with Crippen LogP contribution >= 0.6 is 0 Å². The number of aromatic nitrogens is 3. The second-order valence-electron chi connectivity index (χ2n) is 11.3. The molecule has 0 spiro atoms. The summed E-state index contributed by atoms with van der Waals surface area (Å²) in [4.78, 5) is 13.3. The van der Waals surface area contributed by atoms with Crippen LogP contribution in [0.15, 0.2) is 128 Å². The van der Waals surface area contributed by atoms with E-state index < -0.39 is 0 Å². The molecule has 1 aromatic heterocycles. The molecule has 3 nitrogen and oxygen atoms in total. The molecule has 7 aromatic rings. The number of nitrogens with zero attached hydrogens (tertiary/aromatic N) is 3. The van der Waals surface area contributed by atoms with Gasteiger partial charge in [-0.3, -0.25) is 0 Å². The van der Waals surface area contributed by atoms with E-state index in [9.17, 15) is 0 Å². The van der Waals surface area contributed by atoms with Crippen molar-refractivity contribution in [1.82, 2.24) is 15.0 Å². The van der Waals surface area contributed by atoms with Gasteiger partial charge in [-0.2, -0.15) is 0 Å². The normalized spacial score (nSPS) is 13.3. The van der Waals surface area contributed by atoms with Gasteiger partial charge in [-0.1, -0.05) is 117 Å². The molecular formula is C38H27N3. The third-order valence-electron chi connectivity index (χ3n) is 8.72. The highest BCUT2D eigenvalue weighted by molar-refractivity contribution is 6.21. The summed E-state index contributed by atoms with van der Waals surface area (Å²) in [7, 11) is 0. The predicted molar refractivity (Wildman–Crippen MR) is 169 cm³/mol. The van der Waals surface area contributed by atoms with E-state index in [0.717, 1.165) is 16.3 Å². The minimum atomic E-state index is -0.0301. The van der Waals surface area contributed by atoms with Crippen molar-refractivity contribution in [2.45, 2.75) is 19.3 Å². The number of benzene rings is 6. The molecule has 0 aliphatic heterocycles. The average molecular weight is 526 g/mol. The van der Waals surface area contributed by atoms with Crippen LogP contribution in [-0.2, 0) is 5.41 Å². The van der Waals surface area contributed by atoms with Crippen LogP contribution in [0.4, 0.5) is 0 Å². The minimum absolute atomic E-state index is 0.0301. The second-order valence-corrected chi connectivity index (χ2v) is 11.3. The van der Waals surface area contributed by atoms with Gasteiger partial charge in [0.15, 0.2) is 5.82 Å². The first-order chi connectivity index (χ1) is 20.1. The lowest BCUT2D eigenvalue weighted by atomic mass is 9.81. The van der Waals surface area contributed by atoms with Crippen LogP contribution in [-0.4, -0.2) is 15.0 Å². The van der Waals surface area contributed by atoms with Gasteiger partial charge < -0.3 is 0 Å². The third kappa shape index (κ3) is 3.56. The standard InChI is InChI=1S/C38H27N3/c1-38(2)33-15-9-8-12-27(33)31-21-26(17-19-34(31)38)35-28-13-6-7-14-29(28)36(37-40-22-39-23-41-37)30-18-16-25(20-32(30)35)24-10-4-3-5-11-24/h3-23H,1-2H3. The molecule has 194 valence electrons. The Morgan fingerprint density at radius 1 is 0.463 bits per heavy atom. The van der Waals surface area contributed by atoms with E-state index in [-0.39, 0.29) is 5.41 Å². The molecule has 0 unspecified atom stereocenters. The van der Waals surface area contributed by atoms with Gasteiger partial charge in [-0.05, 0) is 78.2 Å². The molecule has 1 heterocycles. The molecule has 0 atom stereocenters. The summed E-state index contributed by atoms with van der Waals surface area (Å²) in [5.74, 6) is 0.685. The van der Waals surface area contributed by atoms with Gasteiger partial charge in [-0.25, -0.2) is 15.0 Å². The van der Waals surface area contributed by atoms with Crippen LogP contribution in [0.3, 0.4) is 0 Å². The summed E-state index contributed by atoms with van der Waals surface area (Å²) >= 11 is 0. The largest absolute Gasteiger partial charge is 0.225 e. The molecule has 1 aliphatic rings. The summed E-state index contributed by atoms with van der Waals surface area (Å²) in [6.45, 7) is 4.66. The minimum Gasteiger partial charge on any atom is -0.225 e. The Bertz CT molecular complexity index is 2110. The highest BCUT2D eigenvalue weighted by Gasteiger charge is 2.35. The Balaban J connectivity index is 1.49. The third-order valence-corrected chi connectivity index (χ3v) is 8.72.